The van der Waals surface area contributed by atoms with Crippen LogP contribution < -0.4 is 0 Å². The molecule has 4 heteroatoms. The van der Waals surface area contributed by atoms with Crippen LogP contribution in [0.1, 0.15) is 12.0 Å². The van der Waals surface area contributed by atoms with Gasteiger partial charge in [0.25, 0.3) is 0 Å². The number of ether oxygens (including phenoxy) is 1. The number of rotatable bonds is 2. The van der Waals surface area contributed by atoms with Crippen LogP contribution in [0.4, 0.5) is 0 Å². The summed E-state index contributed by atoms with van der Waals surface area (Å²) in [5.41, 5.74) is 1.01. The molecule has 1 aromatic carbocycles. The van der Waals surface area contributed by atoms with Gasteiger partial charge in [-0.25, -0.2) is 0 Å². The maximum absolute atomic E-state index is 6.15. The molecular formula is C12H14Cl2OS. The van der Waals surface area contributed by atoms with Crippen LogP contribution in [-0.2, 0) is 11.2 Å². The third kappa shape index (κ3) is 2.86. The Morgan fingerprint density at radius 1 is 1.31 bits per heavy atom. The Morgan fingerprint density at radius 3 is 2.62 bits per heavy atom. The van der Waals surface area contributed by atoms with E-state index in [1.165, 1.54) is 0 Å². The van der Waals surface area contributed by atoms with Gasteiger partial charge in [-0.05, 0) is 36.5 Å². The van der Waals surface area contributed by atoms with Crippen LogP contribution in [0.25, 0.3) is 0 Å². The normalized spacial score (nSPS) is 25.7. The summed E-state index contributed by atoms with van der Waals surface area (Å²) < 4.78 is 5.47. The Labute approximate surface area is 111 Å². The first-order valence-electron chi connectivity index (χ1n) is 5.37. The zero-order valence-electron chi connectivity index (χ0n) is 8.83. The Balaban J connectivity index is 2.13. The van der Waals surface area contributed by atoms with Gasteiger partial charge in [-0.3, -0.25) is 0 Å². The van der Waals surface area contributed by atoms with E-state index in [2.05, 4.69) is 12.6 Å². The summed E-state index contributed by atoms with van der Waals surface area (Å²) >= 11 is 16.9. The lowest BCUT2D eigenvalue weighted by Gasteiger charge is -2.28. The average molecular weight is 277 g/mol. The first kappa shape index (κ1) is 12.6. The average Bonchev–Trinajstić information content (AvgIpc) is 2.26. The molecule has 1 aromatic rings. The van der Waals surface area contributed by atoms with Gasteiger partial charge in [0, 0.05) is 21.9 Å². The smallest absolute Gasteiger partial charge is 0.0507 e. The van der Waals surface area contributed by atoms with Crippen LogP contribution in [0.5, 0.6) is 0 Å². The fraction of sp³-hybridized carbons (Fsp3) is 0.500. The molecule has 2 rings (SSSR count). The highest BCUT2D eigenvalue weighted by Gasteiger charge is 2.24. The molecule has 0 amide bonds. The highest BCUT2D eigenvalue weighted by molar-refractivity contribution is 7.81. The van der Waals surface area contributed by atoms with Crippen molar-refractivity contribution in [2.24, 2.45) is 5.92 Å². The first-order valence-corrected chi connectivity index (χ1v) is 6.64. The molecule has 1 aliphatic rings. The molecule has 1 aliphatic heterocycles. The van der Waals surface area contributed by atoms with E-state index in [0.717, 1.165) is 41.7 Å². The molecule has 1 saturated heterocycles. The van der Waals surface area contributed by atoms with Crippen molar-refractivity contribution in [2.45, 2.75) is 18.1 Å². The lowest BCUT2D eigenvalue weighted by atomic mass is 9.93. The van der Waals surface area contributed by atoms with Crippen LogP contribution in [-0.4, -0.2) is 18.5 Å². The Bertz CT molecular complexity index is 350. The maximum Gasteiger partial charge on any atom is 0.0507 e. The molecule has 1 heterocycles. The van der Waals surface area contributed by atoms with Crippen molar-refractivity contribution in [3.8, 4) is 0 Å². The molecule has 1 nitrogen and oxygen atoms in total. The maximum atomic E-state index is 6.15. The number of hydrogen-bond acceptors (Lipinski definition) is 2. The Kier molecular flexibility index (Phi) is 4.42. The van der Waals surface area contributed by atoms with Crippen LogP contribution in [0.3, 0.4) is 0 Å². The molecule has 16 heavy (non-hydrogen) atoms. The van der Waals surface area contributed by atoms with Crippen molar-refractivity contribution in [1.29, 1.82) is 0 Å². The van der Waals surface area contributed by atoms with Crippen LogP contribution >= 0.6 is 35.8 Å². The zero-order valence-corrected chi connectivity index (χ0v) is 11.2. The Morgan fingerprint density at radius 2 is 2.00 bits per heavy atom. The summed E-state index contributed by atoms with van der Waals surface area (Å²) in [5, 5.41) is 1.85. The van der Waals surface area contributed by atoms with Gasteiger partial charge in [0.1, 0.15) is 0 Å². The van der Waals surface area contributed by atoms with Crippen molar-refractivity contribution in [2.75, 3.05) is 13.2 Å². The van der Waals surface area contributed by atoms with Crippen molar-refractivity contribution in [3.63, 3.8) is 0 Å². The van der Waals surface area contributed by atoms with Crippen LogP contribution in [0.2, 0.25) is 10.0 Å². The predicted molar refractivity (Wildman–Crippen MR) is 71.9 cm³/mol. The monoisotopic (exact) mass is 276 g/mol. The molecule has 0 spiro atoms. The fourth-order valence-corrected chi connectivity index (χ4v) is 2.82. The molecule has 2 atom stereocenters. The van der Waals surface area contributed by atoms with E-state index in [0.29, 0.717) is 11.2 Å². The van der Waals surface area contributed by atoms with Crippen molar-refractivity contribution >= 4 is 35.8 Å². The predicted octanol–water partition coefficient (Wildman–Crippen LogP) is 3.87. The van der Waals surface area contributed by atoms with E-state index in [-0.39, 0.29) is 0 Å². The topological polar surface area (TPSA) is 9.23 Å². The van der Waals surface area contributed by atoms with Gasteiger partial charge < -0.3 is 4.74 Å². The second kappa shape index (κ2) is 5.63. The molecule has 0 saturated carbocycles. The summed E-state index contributed by atoms with van der Waals surface area (Å²) in [6, 6.07) is 5.61. The molecule has 0 bridgehead atoms. The van der Waals surface area contributed by atoms with E-state index in [1.807, 2.05) is 18.2 Å². The lowest BCUT2D eigenvalue weighted by Crippen LogP contribution is -2.29. The summed E-state index contributed by atoms with van der Waals surface area (Å²) in [6.07, 6.45) is 1.84. The van der Waals surface area contributed by atoms with Gasteiger partial charge in [0.2, 0.25) is 0 Å². The van der Waals surface area contributed by atoms with Crippen LogP contribution in [0.15, 0.2) is 18.2 Å². The van der Waals surface area contributed by atoms with E-state index in [1.54, 1.807) is 0 Å². The largest absolute Gasteiger partial charge is 0.381 e. The highest BCUT2D eigenvalue weighted by atomic mass is 35.5. The molecule has 1 fully saturated rings. The van der Waals surface area contributed by atoms with Gasteiger partial charge >= 0.3 is 0 Å². The van der Waals surface area contributed by atoms with Gasteiger partial charge in [0.05, 0.1) is 6.61 Å². The van der Waals surface area contributed by atoms with Gasteiger partial charge in [-0.2, -0.15) is 12.6 Å². The zero-order chi connectivity index (χ0) is 11.5. The third-order valence-corrected chi connectivity index (χ3v) is 4.35. The van der Waals surface area contributed by atoms with E-state index < -0.39 is 0 Å². The number of thiol groups is 1. The minimum absolute atomic E-state index is 0.376. The molecule has 0 N–H and O–H groups in total. The lowest BCUT2D eigenvalue weighted by molar-refractivity contribution is 0.0597. The molecule has 0 radical (unpaired) electrons. The highest BCUT2D eigenvalue weighted by Crippen LogP contribution is 2.31. The minimum atomic E-state index is 0.376. The fourth-order valence-electron chi connectivity index (χ4n) is 1.97. The third-order valence-electron chi connectivity index (χ3n) is 2.96. The SMILES string of the molecule is S[C@@H]1CCOC[C@@H]1Cc1c(Cl)cccc1Cl. The molecule has 0 unspecified atom stereocenters. The van der Waals surface area contributed by atoms with Crippen molar-refractivity contribution in [1.82, 2.24) is 0 Å². The Hall–Kier alpha value is 0.110. The van der Waals surface area contributed by atoms with Crippen molar-refractivity contribution < 1.29 is 4.74 Å². The number of halogens is 2. The molecular weight excluding hydrogens is 263 g/mol. The standard InChI is InChI=1S/C12H14Cl2OS/c13-10-2-1-3-11(14)9(10)6-8-7-15-5-4-12(8)16/h1-3,8,12,16H,4-7H2/t8-,12+/m0/s1. The van der Waals surface area contributed by atoms with Crippen molar-refractivity contribution in [3.05, 3.63) is 33.8 Å². The van der Waals surface area contributed by atoms with Crippen LogP contribution in [0, 0.1) is 5.92 Å². The molecule has 0 aliphatic carbocycles. The van der Waals surface area contributed by atoms with E-state index >= 15 is 0 Å². The number of benzene rings is 1. The molecule has 0 aromatic heterocycles. The second-order valence-electron chi connectivity index (χ2n) is 4.10. The second-order valence-corrected chi connectivity index (χ2v) is 5.57. The van der Waals surface area contributed by atoms with Gasteiger partial charge in [-0.1, -0.05) is 29.3 Å². The molecule has 88 valence electrons. The number of hydrogen-bond donors (Lipinski definition) is 1. The summed E-state index contributed by atoms with van der Waals surface area (Å²) in [5.74, 6) is 0.398. The first-order chi connectivity index (χ1) is 7.68. The quantitative estimate of drug-likeness (QED) is 0.807. The van der Waals surface area contributed by atoms with Gasteiger partial charge in [-0.15, -0.1) is 0 Å². The summed E-state index contributed by atoms with van der Waals surface area (Å²) in [4.78, 5) is 0. The van der Waals surface area contributed by atoms with E-state index in [4.69, 9.17) is 27.9 Å². The van der Waals surface area contributed by atoms with Gasteiger partial charge in [0.15, 0.2) is 0 Å². The minimum Gasteiger partial charge on any atom is -0.381 e. The summed E-state index contributed by atoms with van der Waals surface area (Å²) in [6.45, 7) is 1.55. The van der Waals surface area contributed by atoms with E-state index in [9.17, 15) is 0 Å². The summed E-state index contributed by atoms with van der Waals surface area (Å²) in [7, 11) is 0.